The standard InChI is InChI=1S/C10H14N2O3S/c1-3-15-12-8(2)9-4-6-10(7-5-9)16(11,13)14/h4-7H,3H2,1-2H3,(H2,11,13,14). The molecule has 0 radical (unpaired) electrons. The molecule has 0 amide bonds. The van der Waals surface area contributed by atoms with Crippen molar-refractivity contribution in [2.75, 3.05) is 6.61 Å². The summed E-state index contributed by atoms with van der Waals surface area (Å²) in [6.45, 7) is 4.11. The van der Waals surface area contributed by atoms with Crippen molar-refractivity contribution in [2.24, 2.45) is 10.3 Å². The predicted molar refractivity (Wildman–Crippen MR) is 61.7 cm³/mol. The topological polar surface area (TPSA) is 81.8 Å². The van der Waals surface area contributed by atoms with Crippen LogP contribution in [0.1, 0.15) is 19.4 Å². The fourth-order valence-corrected chi connectivity index (χ4v) is 1.62. The first-order valence-electron chi connectivity index (χ1n) is 4.75. The fraction of sp³-hybridized carbons (Fsp3) is 0.300. The lowest BCUT2D eigenvalue weighted by atomic mass is 10.1. The molecule has 1 aromatic carbocycles. The van der Waals surface area contributed by atoms with Gasteiger partial charge in [0.15, 0.2) is 0 Å². The first kappa shape index (κ1) is 12.7. The van der Waals surface area contributed by atoms with Crippen LogP contribution < -0.4 is 5.14 Å². The summed E-state index contributed by atoms with van der Waals surface area (Å²) in [4.78, 5) is 4.98. The minimum atomic E-state index is -3.63. The Kier molecular flexibility index (Phi) is 4.03. The molecular weight excluding hydrogens is 228 g/mol. The Morgan fingerprint density at radius 1 is 1.38 bits per heavy atom. The molecule has 0 aromatic heterocycles. The number of rotatable bonds is 4. The summed E-state index contributed by atoms with van der Waals surface area (Å²) >= 11 is 0. The van der Waals surface area contributed by atoms with Crippen molar-refractivity contribution in [2.45, 2.75) is 18.7 Å². The van der Waals surface area contributed by atoms with Crippen LogP contribution in [0.3, 0.4) is 0 Å². The lowest BCUT2D eigenvalue weighted by Crippen LogP contribution is -2.12. The maximum Gasteiger partial charge on any atom is 0.238 e. The summed E-state index contributed by atoms with van der Waals surface area (Å²) in [5.74, 6) is 0. The Morgan fingerprint density at radius 2 is 1.94 bits per heavy atom. The molecule has 0 spiro atoms. The van der Waals surface area contributed by atoms with Gasteiger partial charge in [0, 0.05) is 0 Å². The van der Waals surface area contributed by atoms with E-state index >= 15 is 0 Å². The van der Waals surface area contributed by atoms with E-state index in [4.69, 9.17) is 9.98 Å². The van der Waals surface area contributed by atoms with Crippen LogP contribution in [-0.4, -0.2) is 20.7 Å². The van der Waals surface area contributed by atoms with Crippen LogP contribution >= 0.6 is 0 Å². The molecule has 0 bridgehead atoms. The largest absolute Gasteiger partial charge is 0.396 e. The number of nitrogens with zero attached hydrogens (tertiary/aromatic N) is 1. The minimum Gasteiger partial charge on any atom is -0.396 e. The number of nitrogens with two attached hydrogens (primary N) is 1. The lowest BCUT2D eigenvalue weighted by molar-refractivity contribution is 0.159. The molecule has 0 saturated heterocycles. The van der Waals surface area contributed by atoms with E-state index in [0.29, 0.717) is 12.3 Å². The molecule has 16 heavy (non-hydrogen) atoms. The molecule has 0 aliphatic rings. The molecule has 2 N–H and O–H groups in total. The third-order valence-electron chi connectivity index (χ3n) is 1.93. The van der Waals surface area contributed by atoms with Crippen molar-refractivity contribution in [1.82, 2.24) is 0 Å². The van der Waals surface area contributed by atoms with Crippen molar-refractivity contribution < 1.29 is 13.3 Å². The highest BCUT2D eigenvalue weighted by Crippen LogP contribution is 2.09. The molecule has 0 aliphatic carbocycles. The predicted octanol–water partition coefficient (Wildman–Crippen LogP) is 1.09. The van der Waals surface area contributed by atoms with Crippen molar-refractivity contribution in [3.8, 4) is 0 Å². The number of hydrogen-bond acceptors (Lipinski definition) is 4. The van der Waals surface area contributed by atoms with E-state index < -0.39 is 10.0 Å². The van der Waals surface area contributed by atoms with Gasteiger partial charge < -0.3 is 4.84 Å². The van der Waals surface area contributed by atoms with Crippen molar-refractivity contribution in [3.63, 3.8) is 0 Å². The molecule has 5 nitrogen and oxygen atoms in total. The van der Waals surface area contributed by atoms with Gasteiger partial charge in [-0.15, -0.1) is 0 Å². The molecule has 0 heterocycles. The second-order valence-electron chi connectivity index (χ2n) is 3.16. The third kappa shape index (κ3) is 3.32. The van der Waals surface area contributed by atoms with Crippen LogP contribution in [0.25, 0.3) is 0 Å². The van der Waals surface area contributed by atoms with Gasteiger partial charge in [-0.2, -0.15) is 0 Å². The Labute approximate surface area is 95.0 Å². The summed E-state index contributed by atoms with van der Waals surface area (Å²) in [6.07, 6.45) is 0. The molecule has 0 atom stereocenters. The zero-order valence-corrected chi connectivity index (χ0v) is 9.99. The Morgan fingerprint density at radius 3 is 2.38 bits per heavy atom. The van der Waals surface area contributed by atoms with Crippen LogP contribution in [0.5, 0.6) is 0 Å². The SMILES string of the molecule is CCON=C(C)c1ccc(S(N)(=O)=O)cc1. The van der Waals surface area contributed by atoms with Crippen molar-refractivity contribution in [3.05, 3.63) is 29.8 Å². The smallest absolute Gasteiger partial charge is 0.238 e. The first-order chi connectivity index (χ1) is 7.45. The van der Waals surface area contributed by atoms with Crippen LogP contribution in [0.4, 0.5) is 0 Å². The van der Waals surface area contributed by atoms with Gasteiger partial charge in [-0.05, 0) is 31.5 Å². The average molecular weight is 242 g/mol. The summed E-state index contributed by atoms with van der Waals surface area (Å²) in [5.41, 5.74) is 1.48. The van der Waals surface area contributed by atoms with Gasteiger partial charge in [-0.3, -0.25) is 0 Å². The van der Waals surface area contributed by atoms with Gasteiger partial charge in [0.05, 0.1) is 10.6 Å². The maximum atomic E-state index is 11.0. The van der Waals surface area contributed by atoms with E-state index in [9.17, 15) is 8.42 Å². The first-order valence-corrected chi connectivity index (χ1v) is 6.29. The molecule has 88 valence electrons. The third-order valence-corrected chi connectivity index (χ3v) is 2.86. The molecular formula is C10H14N2O3S. The molecule has 0 saturated carbocycles. The van der Waals surface area contributed by atoms with Crippen LogP contribution in [0.2, 0.25) is 0 Å². The summed E-state index contributed by atoms with van der Waals surface area (Å²) in [7, 11) is -3.63. The Bertz CT molecular complexity index is 477. The zero-order valence-electron chi connectivity index (χ0n) is 9.17. The number of sulfonamides is 1. The highest BCUT2D eigenvalue weighted by molar-refractivity contribution is 7.89. The molecule has 1 rings (SSSR count). The highest BCUT2D eigenvalue weighted by atomic mass is 32.2. The molecule has 0 unspecified atom stereocenters. The quantitative estimate of drug-likeness (QED) is 0.634. The van der Waals surface area contributed by atoms with Gasteiger partial charge in [0.25, 0.3) is 0 Å². The van der Waals surface area contributed by atoms with Gasteiger partial charge in [-0.1, -0.05) is 17.3 Å². The normalized spacial score (nSPS) is 12.6. The zero-order chi connectivity index (χ0) is 12.2. The Balaban J connectivity index is 2.96. The maximum absolute atomic E-state index is 11.0. The van der Waals surface area contributed by atoms with E-state index in [-0.39, 0.29) is 4.90 Å². The second kappa shape index (κ2) is 5.09. The number of hydrogen-bond donors (Lipinski definition) is 1. The van der Waals surface area contributed by atoms with E-state index in [1.54, 1.807) is 19.1 Å². The number of oxime groups is 1. The van der Waals surface area contributed by atoms with Gasteiger partial charge in [-0.25, -0.2) is 13.6 Å². The minimum absolute atomic E-state index is 0.0838. The van der Waals surface area contributed by atoms with Crippen LogP contribution in [-0.2, 0) is 14.9 Å². The van der Waals surface area contributed by atoms with E-state index in [2.05, 4.69) is 5.16 Å². The van der Waals surface area contributed by atoms with E-state index in [0.717, 1.165) is 5.56 Å². The lowest BCUT2D eigenvalue weighted by Gasteiger charge is -2.02. The van der Waals surface area contributed by atoms with Crippen LogP contribution in [0.15, 0.2) is 34.3 Å². The molecule has 0 fully saturated rings. The molecule has 6 heteroatoms. The Hall–Kier alpha value is -1.40. The van der Waals surface area contributed by atoms with Crippen LogP contribution in [0, 0.1) is 0 Å². The molecule has 0 aliphatic heterocycles. The van der Waals surface area contributed by atoms with E-state index in [1.807, 2.05) is 6.92 Å². The summed E-state index contributed by atoms with van der Waals surface area (Å²) in [5, 5.41) is 8.82. The van der Waals surface area contributed by atoms with Crippen molar-refractivity contribution in [1.29, 1.82) is 0 Å². The van der Waals surface area contributed by atoms with Gasteiger partial charge in [0.2, 0.25) is 10.0 Å². The fourth-order valence-electron chi connectivity index (χ4n) is 1.10. The van der Waals surface area contributed by atoms with E-state index in [1.165, 1.54) is 12.1 Å². The highest BCUT2D eigenvalue weighted by Gasteiger charge is 2.07. The average Bonchev–Trinajstić information content (AvgIpc) is 2.25. The number of benzene rings is 1. The monoisotopic (exact) mass is 242 g/mol. The van der Waals surface area contributed by atoms with Crippen molar-refractivity contribution >= 4 is 15.7 Å². The number of primary sulfonamides is 1. The summed E-state index contributed by atoms with van der Waals surface area (Å²) in [6, 6.07) is 6.15. The second-order valence-corrected chi connectivity index (χ2v) is 4.73. The molecule has 1 aromatic rings. The summed E-state index contributed by atoms with van der Waals surface area (Å²) < 4.78 is 22.0. The van der Waals surface area contributed by atoms with Gasteiger partial charge in [0.1, 0.15) is 6.61 Å². The van der Waals surface area contributed by atoms with Gasteiger partial charge >= 0.3 is 0 Å².